The van der Waals surface area contributed by atoms with Crippen molar-refractivity contribution < 1.29 is 23.9 Å². The first-order valence-corrected chi connectivity index (χ1v) is 7.09. The van der Waals surface area contributed by atoms with Gasteiger partial charge in [-0.2, -0.15) is 0 Å². The number of carbonyl (C=O) groups excluding carboxylic acids is 3. The SMILES string of the molecule is CC(=O)O[C@H]1CCC[C@@H](OC(C)=O)C12CCCC(=O)N2. The quantitative estimate of drug-likeness (QED) is 0.767. The lowest BCUT2D eigenvalue weighted by Gasteiger charge is -2.49. The second-order valence-corrected chi connectivity index (χ2v) is 5.57. The van der Waals surface area contributed by atoms with E-state index in [4.69, 9.17) is 9.47 Å². The second kappa shape index (κ2) is 5.81. The summed E-state index contributed by atoms with van der Waals surface area (Å²) in [5.41, 5.74) is -0.759. The van der Waals surface area contributed by atoms with Gasteiger partial charge in [0.25, 0.3) is 0 Å². The molecule has 112 valence electrons. The van der Waals surface area contributed by atoms with Gasteiger partial charge in [0.2, 0.25) is 5.91 Å². The van der Waals surface area contributed by atoms with Gasteiger partial charge in [0.05, 0.1) is 0 Å². The fourth-order valence-corrected chi connectivity index (χ4v) is 3.35. The molecule has 1 spiro atoms. The third-order valence-corrected chi connectivity index (χ3v) is 4.06. The van der Waals surface area contributed by atoms with E-state index < -0.39 is 17.7 Å². The standard InChI is InChI=1S/C14H21NO5/c1-9(16)19-11-5-3-6-12(20-10(2)17)14(11)8-4-7-13(18)15-14/h11-12H,3-8H2,1-2H3,(H,15,18)/t11-,12+,14?. The Labute approximate surface area is 118 Å². The molecule has 1 amide bonds. The average molecular weight is 283 g/mol. The van der Waals surface area contributed by atoms with Gasteiger partial charge in [-0.15, -0.1) is 0 Å². The topological polar surface area (TPSA) is 81.7 Å². The fraction of sp³-hybridized carbons (Fsp3) is 0.786. The van der Waals surface area contributed by atoms with Crippen LogP contribution in [0.25, 0.3) is 0 Å². The number of carbonyl (C=O) groups is 3. The Hall–Kier alpha value is -1.59. The first-order valence-electron chi connectivity index (χ1n) is 7.09. The summed E-state index contributed by atoms with van der Waals surface area (Å²) in [5.74, 6) is -0.831. The van der Waals surface area contributed by atoms with E-state index in [2.05, 4.69) is 5.32 Å². The largest absolute Gasteiger partial charge is 0.460 e. The van der Waals surface area contributed by atoms with Gasteiger partial charge in [-0.25, -0.2) is 0 Å². The van der Waals surface area contributed by atoms with Gasteiger partial charge >= 0.3 is 11.9 Å². The zero-order chi connectivity index (χ0) is 14.8. The van der Waals surface area contributed by atoms with E-state index >= 15 is 0 Å². The molecule has 3 atom stereocenters. The van der Waals surface area contributed by atoms with Crippen molar-refractivity contribution in [3.63, 3.8) is 0 Å². The van der Waals surface area contributed by atoms with Gasteiger partial charge < -0.3 is 14.8 Å². The zero-order valence-corrected chi connectivity index (χ0v) is 11.9. The first kappa shape index (κ1) is 14.8. The second-order valence-electron chi connectivity index (χ2n) is 5.57. The van der Waals surface area contributed by atoms with Crippen molar-refractivity contribution in [1.82, 2.24) is 5.32 Å². The monoisotopic (exact) mass is 283 g/mol. The van der Waals surface area contributed by atoms with E-state index in [1.807, 2.05) is 0 Å². The van der Waals surface area contributed by atoms with E-state index in [1.165, 1.54) is 13.8 Å². The lowest BCUT2D eigenvalue weighted by atomic mass is 9.71. The molecular formula is C14H21NO5. The van der Waals surface area contributed by atoms with Gasteiger partial charge in [-0.3, -0.25) is 14.4 Å². The van der Waals surface area contributed by atoms with E-state index in [-0.39, 0.29) is 17.8 Å². The summed E-state index contributed by atoms with van der Waals surface area (Å²) in [6.07, 6.45) is 3.13. The van der Waals surface area contributed by atoms with Crippen LogP contribution >= 0.6 is 0 Å². The molecule has 1 unspecified atom stereocenters. The lowest BCUT2D eigenvalue weighted by Crippen LogP contribution is -2.68. The number of ether oxygens (including phenoxy) is 2. The smallest absolute Gasteiger partial charge is 0.302 e. The van der Waals surface area contributed by atoms with Crippen molar-refractivity contribution in [1.29, 1.82) is 0 Å². The summed E-state index contributed by atoms with van der Waals surface area (Å²) in [7, 11) is 0. The van der Waals surface area contributed by atoms with E-state index in [0.29, 0.717) is 32.1 Å². The van der Waals surface area contributed by atoms with Gasteiger partial charge in [0.15, 0.2) is 0 Å². The van der Waals surface area contributed by atoms with Crippen molar-refractivity contribution in [2.45, 2.75) is 70.1 Å². The Morgan fingerprint density at radius 2 is 1.65 bits per heavy atom. The summed E-state index contributed by atoms with van der Waals surface area (Å²) in [4.78, 5) is 34.4. The van der Waals surface area contributed by atoms with Crippen molar-refractivity contribution in [2.24, 2.45) is 0 Å². The summed E-state index contributed by atoms with van der Waals surface area (Å²) in [6.45, 7) is 2.71. The van der Waals surface area contributed by atoms with E-state index in [0.717, 1.165) is 6.42 Å². The molecule has 2 rings (SSSR count). The van der Waals surface area contributed by atoms with Gasteiger partial charge in [-0.1, -0.05) is 0 Å². The van der Waals surface area contributed by atoms with Crippen LogP contribution in [0.2, 0.25) is 0 Å². The highest BCUT2D eigenvalue weighted by molar-refractivity contribution is 5.78. The normalized spacial score (nSPS) is 33.4. The highest BCUT2D eigenvalue weighted by Gasteiger charge is 2.53. The Morgan fingerprint density at radius 3 is 2.10 bits per heavy atom. The number of rotatable bonds is 2. The molecule has 0 aromatic carbocycles. The Kier molecular flexibility index (Phi) is 4.30. The number of amides is 1. The molecule has 20 heavy (non-hydrogen) atoms. The maximum atomic E-state index is 11.8. The lowest BCUT2D eigenvalue weighted by molar-refractivity contribution is -0.176. The third kappa shape index (κ3) is 2.94. The first-order chi connectivity index (χ1) is 9.44. The summed E-state index contributed by atoms with van der Waals surface area (Å²) < 4.78 is 10.8. The molecule has 1 saturated carbocycles. The minimum Gasteiger partial charge on any atom is -0.460 e. The molecule has 1 N–H and O–H groups in total. The Morgan fingerprint density at radius 1 is 1.10 bits per heavy atom. The van der Waals surface area contributed by atoms with Crippen LogP contribution in [0.1, 0.15) is 52.4 Å². The molecule has 0 radical (unpaired) electrons. The Balaban J connectivity index is 2.28. The number of hydrogen-bond acceptors (Lipinski definition) is 5. The van der Waals surface area contributed by atoms with Crippen LogP contribution < -0.4 is 5.32 Å². The zero-order valence-electron chi connectivity index (χ0n) is 11.9. The fourth-order valence-electron chi connectivity index (χ4n) is 3.35. The maximum absolute atomic E-state index is 11.8. The number of hydrogen-bond donors (Lipinski definition) is 1. The van der Waals surface area contributed by atoms with Crippen LogP contribution in [0.3, 0.4) is 0 Å². The summed E-state index contributed by atoms with van der Waals surface area (Å²) in [6, 6.07) is 0. The van der Waals surface area contributed by atoms with E-state index in [1.54, 1.807) is 0 Å². The van der Waals surface area contributed by atoms with Crippen LogP contribution in [0.4, 0.5) is 0 Å². The maximum Gasteiger partial charge on any atom is 0.302 e. The molecule has 2 fully saturated rings. The molecule has 0 aromatic rings. The predicted molar refractivity (Wildman–Crippen MR) is 69.7 cm³/mol. The molecule has 2 aliphatic rings. The predicted octanol–water partition coefficient (Wildman–Crippen LogP) is 1.07. The highest BCUT2D eigenvalue weighted by Crippen LogP contribution is 2.39. The summed E-state index contributed by atoms with van der Waals surface area (Å²) >= 11 is 0. The van der Waals surface area contributed by atoms with Crippen molar-refractivity contribution in [2.75, 3.05) is 0 Å². The molecular weight excluding hydrogens is 262 g/mol. The van der Waals surface area contributed by atoms with Gasteiger partial charge in [0, 0.05) is 20.3 Å². The molecule has 1 saturated heterocycles. The molecule has 0 aromatic heterocycles. The third-order valence-electron chi connectivity index (χ3n) is 4.06. The van der Waals surface area contributed by atoms with Crippen LogP contribution in [0, 0.1) is 0 Å². The number of piperidine rings is 1. The minimum atomic E-state index is -0.759. The van der Waals surface area contributed by atoms with Crippen LogP contribution in [0.15, 0.2) is 0 Å². The van der Waals surface area contributed by atoms with Crippen LogP contribution in [0.5, 0.6) is 0 Å². The van der Waals surface area contributed by atoms with Crippen molar-refractivity contribution in [3.8, 4) is 0 Å². The molecule has 6 heteroatoms. The number of nitrogens with one attached hydrogen (secondary N) is 1. The Bertz CT molecular complexity index is 396. The average Bonchev–Trinajstić information content (AvgIpc) is 2.34. The van der Waals surface area contributed by atoms with Crippen molar-refractivity contribution >= 4 is 17.8 Å². The number of esters is 2. The molecule has 1 aliphatic carbocycles. The summed E-state index contributed by atoms with van der Waals surface area (Å²) in [5, 5.41) is 2.95. The molecule has 0 bridgehead atoms. The van der Waals surface area contributed by atoms with E-state index in [9.17, 15) is 14.4 Å². The molecule has 1 aliphatic heterocycles. The molecule has 6 nitrogen and oxygen atoms in total. The van der Waals surface area contributed by atoms with Crippen LogP contribution in [-0.4, -0.2) is 35.6 Å². The van der Waals surface area contributed by atoms with Crippen LogP contribution in [-0.2, 0) is 23.9 Å². The molecule has 1 heterocycles. The van der Waals surface area contributed by atoms with Gasteiger partial charge in [0.1, 0.15) is 17.7 Å². The van der Waals surface area contributed by atoms with Crippen molar-refractivity contribution in [3.05, 3.63) is 0 Å². The highest BCUT2D eigenvalue weighted by atomic mass is 16.6. The minimum absolute atomic E-state index is 0.0764. The van der Waals surface area contributed by atoms with Gasteiger partial charge in [-0.05, 0) is 32.1 Å².